The van der Waals surface area contributed by atoms with Gasteiger partial charge in [0, 0.05) is 19.2 Å². The first-order valence-electron chi connectivity index (χ1n) is 5.08. The largest absolute Gasteiger partial charge is 0.478 e. The molecule has 6 nitrogen and oxygen atoms in total. The lowest BCUT2D eigenvalue weighted by Crippen LogP contribution is -2.35. The summed E-state index contributed by atoms with van der Waals surface area (Å²) in [5.74, 6) is -0.956. The van der Waals surface area contributed by atoms with Gasteiger partial charge in [-0.3, -0.25) is 4.79 Å². The molecule has 1 amide bonds. The zero-order valence-corrected chi connectivity index (χ0v) is 9.64. The predicted molar refractivity (Wildman–Crippen MR) is 60.0 cm³/mol. The Morgan fingerprint density at radius 3 is 2.88 bits per heavy atom. The maximum absolute atomic E-state index is 10.7. The van der Waals surface area contributed by atoms with E-state index in [9.17, 15) is 9.59 Å². The van der Waals surface area contributed by atoms with Crippen molar-refractivity contribution >= 4 is 11.9 Å². The van der Waals surface area contributed by atoms with Gasteiger partial charge in [0.15, 0.2) is 0 Å². The number of hydrogen-bond acceptors (Lipinski definition) is 4. The molecular weight excluding hydrogens is 224 g/mol. The topological polar surface area (TPSA) is 88.5 Å². The lowest BCUT2D eigenvalue weighted by Gasteiger charge is -2.13. The summed E-state index contributed by atoms with van der Waals surface area (Å²) >= 11 is 0. The van der Waals surface area contributed by atoms with Crippen LogP contribution >= 0.6 is 0 Å². The molecule has 6 heteroatoms. The quantitative estimate of drug-likeness (QED) is 0.787. The summed E-state index contributed by atoms with van der Waals surface area (Å²) in [5, 5.41) is 11.4. The molecule has 0 saturated heterocycles. The summed E-state index contributed by atoms with van der Waals surface area (Å²) in [6.45, 7) is 3.43. The highest BCUT2D eigenvalue weighted by Gasteiger charge is 2.07. The fraction of sp³-hybridized carbons (Fsp3) is 0.364. The van der Waals surface area contributed by atoms with E-state index in [1.54, 1.807) is 6.92 Å². The van der Waals surface area contributed by atoms with E-state index in [4.69, 9.17) is 9.84 Å². The number of nitrogens with one attached hydrogen (secondary N) is 1. The zero-order chi connectivity index (χ0) is 12.8. The molecule has 0 aliphatic heterocycles. The van der Waals surface area contributed by atoms with Crippen LogP contribution in [0.3, 0.4) is 0 Å². The Balaban J connectivity index is 2.54. The van der Waals surface area contributed by atoms with Crippen molar-refractivity contribution in [3.8, 4) is 5.88 Å². The maximum atomic E-state index is 10.7. The van der Waals surface area contributed by atoms with Gasteiger partial charge in [-0.1, -0.05) is 0 Å². The van der Waals surface area contributed by atoms with Crippen LogP contribution in [0.15, 0.2) is 18.3 Å². The molecule has 0 fully saturated rings. The molecule has 0 radical (unpaired) electrons. The molecule has 0 aliphatic carbocycles. The van der Waals surface area contributed by atoms with Gasteiger partial charge >= 0.3 is 5.97 Å². The van der Waals surface area contributed by atoms with E-state index >= 15 is 0 Å². The Labute approximate surface area is 98.6 Å². The minimum absolute atomic E-state index is 0.113. The number of ether oxygens (including phenoxy) is 1. The molecule has 1 aromatic rings. The van der Waals surface area contributed by atoms with E-state index in [1.807, 2.05) is 0 Å². The highest BCUT2D eigenvalue weighted by molar-refractivity contribution is 5.87. The van der Waals surface area contributed by atoms with Crippen LogP contribution in [0.4, 0.5) is 0 Å². The van der Waals surface area contributed by atoms with Gasteiger partial charge in [0.05, 0.1) is 11.6 Å². The monoisotopic (exact) mass is 238 g/mol. The maximum Gasteiger partial charge on any atom is 0.335 e. The van der Waals surface area contributed by atoms with Gasteiger partial charge in [0.1, 0.15) is 6.61 Å². The van der Waals surface area contributed by atoms with Gasteiger partial charge in [-0.25, -0.2) is 9.78 Å². The number of aromatic nitrogens is 1. The number of carboxylic acid groups (broad SMARTS) is 1. The minimum atomic E-state index is -1.04. The zero-order valence-electron chi connectivity index (χ0n) is 9.64. The van der Waals surface area contributed by atoms with E-state index in [2.05, 4.69) is 10.3 Å². The molecule has 1 unspecified atom stereocenters. The molecule has 1 heterocycles. The minimum Gasteiger partial charge on any atom is -0.478 e. The van der Waals surface area contributed by atoms with E-state index in [1.165, 1.54) is 25.3 Å². The second kappa shape index (κ2) is 5.83. The van der Waals surface area contributed by atoms with Crippen LogP contribution in [0.2, 0.25) is 0 Å². The first-order chi connectivity index (χ1) is 7.99. The third-order valence-electron chi connectivity index (χ3n) is 1.91. The van der Waals surface area contributed by atoms with Crippen LogP contribution in [0.1, 0.15) is 24.2 Å². The molecule has 1 aromatic heterocycles. The number of carbonyl (C=O) groups excluding carboxylic acids is 1. The molecule has 0 saturated carbocycles. The average molecular weight is 238 g/mol. The normalized spacial score (nSPS) is 11.6. The van der Waals surface area contributed by atoms with Crippen LogP contribution in [-0.4, -0.2) is 34.6 Å². The van der Waals surface area contributed by atoms with Crippen molar-refractivity contribution in [2.45, 2.75) is 19.9 Å². The van der Waals surface area contributed by atoms with Gasteiger partial charge < -0.3 is 15.2 Å². The van der Waals surface area contributed by atoms with E-state index in [0.717, 1.165) is 0 Å². The molecule has 2 N–H and O–H groups in total. The van der Waals surface area contributed by atoms with Crippen LogP contribution in [0.25, 0.3) is 0 Å². The molecule has 17 heavy (non-hydrogen) atoms. The second-order valence-corrected chi connectivity index (χ2v) is 3.60. The van der Waals surface area contributed by atoms with Crippen LogP contribution in [-0.2, 0) is 4.79 Å². The van der Waals surface area contributed by atoms with Crippen LogP contribution in [0, 0.1) is 0 Å². The fourth-order valence-electron chi connectivity index (χ4n) is 1.22. The highest BCUT2D eigenvalue weighted by Crippen LogP contribution is 2.09. The number of carboxylic acids is 1. The Bertz CT molecular complexity index is 420. The highest BCUT2D eigenvalue weighted by atomic mass is 16.5. The number of pyridine rings is 1. The lowest BCUT2D eigenvalue weighted by atomic mass is 10.3. The summed E-state index contributed by atoms with van der Waals surface area (Å²) in [6.07, 6.45) is 1.36. The van der Waals surface area contributed by atoms with Crippen molar-refractivity contribution in [3.05, 3.63) is 23.9 Å². The summed E-state index contributed by atoms with van der Waals surface area (Å²) in [7, 11) is 0. The fourth-order valence-corrected chi connectivity index (χ4v) is 1.22. The Hall–Kier alpha value is -2.11. The van der Waals surface area contributed by atoms with Crippen molar-refractivity contribution in [1.29, 1.82) is 0 Å². The predicted octanol–water partition coefficient (Wildman–Crippen LogP) is 0.683. The summed E-state index contributed by atoms with van der Waals surface area (Å²) in [6, 6.07) is 2.55. The van der Waals surface area contributed by atoms with E-state index in [0.29, 0.717) is 0 Å². The molecule has 1 rings (SSSR count). The molecule has 0 aliphatic rings. The third-order valence-corrected chi connectivity index (χ3v) is 1.91. The van der Waals surface area contributed by atoms with Gasteiger partial charge in [0.25, 0.3) is 0 Å². The average Bonchev–Trinajstić information content (AvgIpc) is 2.26. The lowest BCUT2D eigenvalue weighted by molar-refractivity contribution is -0.119. The number of rotatable bonds is 5. The van der Waals surface area contributed by atoms with Gasteiger partial charge in [0.2, 0.25) is 11.8 Å². The van der Waals surface area contributed by atoms with E-state index in [-0.39, 0.29) is 30.0 Å². The molecule has 0 spiro atoms. The van der Waals surface area contributed by atoms with E-state index < -0.39 is 5.97 Å². The number of amides is 1. The number of nitrogens with zero attached hydrogens (tertiary/aromatic N) is 1. The number of aromatic carboxylic acids is 1. The Morgan fingerprint density at radius 2 is 2.29 bits per heavy atom. The van der Waals surface area contributed by atoms with Crippen molar-refractivity contribution in [2.24, 2.45) is 0 Å². The van der Waals surface area contributed by atoms with Crippen molar-refractivity contribution in [3.63, 3.8) is 0 Å². The molecule has 92 valence electrons. The summed E-state index contributed by atoms with van der Waals surface area (Å²) in [4.78, 5) is 25.3. The first kappa shape index (κ1) is 13.0. The van der Waals surface area contributed by atoms with Crippen molar-refractivity contribution in [1.82, 2.24) is 10.3 Å². The second-order valence-electron chi connectivity index (χ2n) is 3.60. The van der Waals surface area contributed by atoms with Crippen molar-refractivity contribution < 1.29 is 19.4 Å². The third kappa shape index (κ3) is 4.50. The van der Waals surface area contributed by atoms with Gasteiger partial charge in [-0.05, 0) is 13.0 Å². The molecule has 0 aromatic carbocycles. The summed E-state index contributed by atoms with van der Waals surface area (Å²) < 4.78 is 5.27. The molecular formula is C11H14N2O4. The number of hydrogen-bond donors (Lipinski definition) is 2. The summed E-state index contributed by atoms with van der Waals surface area (Å²) in [5.41, 5.74) is 0.113. The van der Waals surface area contributed by atoms with Gasteiger partial charge in [-0.2, -0.15) is 0 Å². The SMILES string of the molecule is CC(=O)NC(C)COc1cc(C(=O)O)ccn1. The molecule has 0 bridgehead atoms. The first-order valence-corrected chi connectivity index (χ1v) is 5.08. The van der Waals surface area contributed by atoms with Crippen molar-refractivity contribution in [2.75, 3.05) is 6.61 Å². The standard InChI is InChI=1S/C11H14N2O4/c1-7(13-8(2)14)6-17-10-5-9(11(15)16)3-4-12-10/h3-5,7H,6H2,1-2H3,(H,13,14)(H,15,16). The molecule has 1 atom stereocenters. The van der Waals surface area contributed by atoms with Crippen LogP contribution < -0.4 is 10.1 Å². The van der Waals surface area contributed by atoms with Gasteiger partial charge in [-0.15, -0.1) is 0 Å². The Kier molecular flexibility index (Phi) is 4.45. The van der Waals surface area contributed by atoms with Crippen LogP contribution in [0.5, 0.6) is 5.88 Å². The smallest absolute Gasteiger partial charge is 0.335 e. The number of carbonyl (C=O) groups is 2. The Morgan fingerprint density at radius 1 is 1.59 bits per heavy atom.